The number of hydrogen-bond donors (Lipinski definition) is 1. The van der Waals surface area contributed by atoms with Gasteiger partial charge in [-0.25, -0.2) is 0 Å². The van der Waals surface area contributed by atoms with E-state index in [9.17, 15) is 0 Å². The molecular weight excluding hydrogens is 226 g/mol. The van der Waals surface area contributed by atoms with Gasteiger partial charge in [-0.1, -0.05) is 11.6 Å². The summed E-state index contributed by atoms with van der Waals surface area (Å²) in [6.45, 7) is 2.69. The lowest BCUT2D eigenvalue weighted by Crippen LogP contribution is -2.05. The van der Waals surface area contributed by atoms with E-state index >= 15 is 0 Å². The molecule has 0 aliphatic carbocycles. The van der Waals surface area contributed by atoms with E-state index in [4.69, 9.17) is 11.6 Å². The van der Waals surface area contributed by atoms with Gasteiger partial charge < -0.3 is 5.32 Å². The molecule has 1 aromatic carbocycles. The summed E-state index contributed by atoms with van der Waals surface area (Å²) in [6.07, 6.45) is 0. The van der Waals surface area contributed by atoms with Gasteiger partial charge in [-0.3, -0.25) is 0 Å². The van der Waals surface area contributed by atoms with Crippen LogP contribution in [-0.2, 0) is 0 Å². The Morgan fingerprint density at radius 1 is 1.06 bits per heavy atom. The monoisotopic (exact) mass is 235 g/mol. The van der Waals surface area contributed by atoms with Crippen LogP contribution >= 0.6 is 11.6 Å². The molecule has 0 amide bonds. The minimum Gasteiger partial charge on any atom is -0.352 e. The van der Waals surface area contributed by atoms with Crippen LogP contribution in [0.5, 0.6) is 0 Å². The quantitative estimate of drug-likeness (QED) is 0.882. The van der Waals surface area contributed by atoms with E-state index in [0.29, 0.717) is 16.8 Å². The van der Waals surface area contributed by atoms with Crippen molar-refractivity contribution in [1.29, 1.82) is 0 Å². The summed E-state index contributed by atoms with van der Waals surface area (Å²) < 4.78 is 0. The fourth-order valence-electron chi connectivity index (χ4n) is 1.17. The molecule has 0 radical (unpaired) electrons. The molecule has 0 fully saturated rings. The Kier molecular flexibility index (Phi) is 3.26. The summed E-state index contributed by atoms with van der Waals surface area (Å²) in [6, 6.07) is 7.21. The average molecular weight is 236 g/mol. The third-order valence-corrected chi connectivity index (χ3v) is 2.17. The zero-order chi connectivity index (χ0) is 11.4. The maximum Gasteiger partial charge on any atom is 0.262 e. The molecule has 1 aromatic heterocycles. The SMILES string of the molecule is CCNc1nnc(-c2ccc(Cl)cc2)nn1. The van der Waals surface area contributed by atoms with E-state index in [1.54, 1.807) is 12.1 Å². The molecule has 2 rings (SSSR count). The second kappa shape index (κ2) is 4.85. The highest BCUT2D eigenvalue weighted by molar-refractivity contribution is 6.30. The molecular formula is C10H10ClN5. The maximum atomic E-state index is 5.78. The smallest absolute Gasteiger partial charge is 0.262 e. The summed E-state index contributed by atoms with van der Waals surface area (Å²) in [7, 11) is 0. The largest absolute Gasteiger partial charge is 0.352 e. The molecule has 1 heterocycles. The molecule has 2 aromatic rings. The standard InChI is InChI=1S/C10H10ClN5/c1-2-12-10-15-13-9(14-16-10)7-3-5-8(11)6-4-7/h3-6H,2H2,1H3,(H,12,15,16). The normalized spacial score (nSPS) is 10.1. The number of aromatic nitrogens is 4. The lowest BCUT2D eigenvalue weighted by Gasteiger charge is -2.00. The zero-order valence-corrected chi connectivity index (χ0v) is 9.44. The van der Waals surface area contributed by atoms with E-state index in [0.717, 1.165) is 12.1 Å². The molecule has 0 aliphatic heterocycles. The predicted molar refractivity (Wildman–Crippen MR) is 62.2 cm³/mol. The minimum atomic E-state index is 0.431. The van der Waals surface area contributed by atoms with E-state index in [2.05, 4.69) is 25.7 Å². The van der Waals surface area contributed by atoms with Crippen molar-refractivity contribution in [3.8, 4) is 11.4 Å². The van der Waals surface area contributed by atoms with Crippen LogP contribution < -0.4 is 5.32 Å². The van der Waals surface area contributed by atoms with Crippen molar-refractivity contribution >= 4 is 17.5 Å². The lowest BCUT2D eigenvalue weighted by atomic mass is 10.2. The third kappa shape index (κ3) is 2.43. The summed E-state index contributed by atoms with van der Waals surface area (Å²) in [4.78, 5) is 0. The van der Waals surface area contributed by atoms with Gasteiger partial charge in [0.2, 0.25) is 5.82 Å². The van der Waals surface area contributed by atoms with Gasteiger partial charge >= 0.3 is 0 Å². The highest BCUT2D eigenvalue weighted by Crippen LogP contribution is 2.16. The van der Waals surface area contributed by atoms with Crippen molar-refractivity contribution in [2.24, 2.45) is 0 Å². The number of nitrogens with one attached hydrogen (secondary N) is 1. The number of halogens is 1. The van der Waals surface area contributed by atoms with Crippen molar-refractivity contribution in [1.82, 2.24) is 20.4 Å². The van der Waals surface area contributed by atoms with Gasteiger partial charge in [0.25, 0.3) is 5.95 Å². The molecule has 0 atom stereocenters. The van der Waals surface area contributed by atoms with Crippen molar-refractivity contribution < 1.29 is 0 Å². The van der Waals surface area contributed by atoms with Crippen molar-refractivity contribution in [2.45, 2.75) is 6.92 Å². The maximum absolute atomic E-state index is 5.78. The average Bonchev–Trinajstić information content (AvgIpc) is 2.32. The molecule has 0 aliphatic rings. The first-order valence-corrected chi connectivity index (χ1v) is 5.24. The molecule has 1 N–H and O–H groups in total. The van der Waals surface area contributed by atoms with Gasteiger partial charge in [-0.15, -0.1) is 20.4 Å². The van der Waals surface area contributed by atoms with Gasteiger partial charge in [0.15, 0.2) is 0 Å². The molecule has 5 nitrogen and oxygen atoms in total. The number of benzene rings is 1. The second-order valence-electron chi connectivity index (χ2n) is 3.08. The number of nitrogens with zero attached hydrogens (tertiary/aromatic N) is 4. The molecule has 0 saturated carbocycles. The highest BCUT2D eigenvalue weighted by Gasteiger charge is 2.03. The number of anilines is 1. The molecule has 0 saturated heterocycles. The van der Waals surface area contributed by atoms with E-state index in [1.165, 1.54) is 0 Å². The third-order valence-electron chi connectivity index (χ3n) is 1.92. The van der Waals surface area contributed by atoms with Crippen molar-refractivity contribution in [3.63, 3.8) is 0 Å². The van der Waals surface area contributed by atoms with Crippen LogP contribution in [0.3, 0.4) is 0 Å². The summed E-state index contributed by atoms with van der Waals surface area (Å²) in [5, 5.41) is 19.3. The summed E-state index contributed by atoms with van der Waals surface area (Å²) >= 11 is 5.78. The Morgan fingerprint density at radius 2 is 1.69 bits per heavy atom. The summed E-state index contributed by atoms with van der Waals surface area (Å²) in [5.74, 6) is 0.915. The fourth-order valence-corrected chi connectivity index (χ4v) is 1.30. The van der Waals surface area contributed by atoms with Gasteiger partial charge in [0.05, 0.1) is 0 Å². The Morgan fingerprint density at radius 3 is 2.25 bits per heavy atom. The minimum absolute atomic E-state index is 0.431. The number of rotatable bonds is 3. The van der Waals surface area contributed by atoms with Gasteiger partial charge in [0.1, 0.15) is 0 Å². The van der Waals surface area contributed by atoms with Gasteiger partial charge in [-0.2, -0.15) is 0 Å². The van der Waals surface area contributed by atoms with Crippen LogP contribution in [0.25, 0.3) is 11.4 Å². The predicted octanol–water partition coefficient (Wildman–Crippen LogP) is 2.02. The van der Waals surface area contributed by atoms with Crippen molar-refractivity contribution in [3.05, 3.63) is 29.3 Å². The Hall–Kier alpha value is -1.75. The Bertz CT molecular complexity index is 454. The Balaban J connectivity index is 2.24. The molecule has 16 heavy (non-hydrogen) atoms. The number of hydrogen-bond acceptors (Lipinski definition) is 5. The van der Waals surface area contributed by atoms with Crippen LogP contribution in [0.4, 0.5) is 5.95 Å². The van der Waals surface area contributed by atoms with Crippen LogP contribution in [0.1, 0.15) is 6.92 Å². The van der Waals surface area contributed by atoms with Crippen LogP contribution in [-0.4, -0.2) is 26.9 Å². The fraction of sp³-hybridized carbons (Fsp3) is 0.200. The van der Waals surface area contributed by atoms with Crippen LogP contribution in [0, 0.1) is 0 Å². The van der Waals surface area contributed by atoms with E-state index < -0.39 is 0 Å². The highest BCUT2D eigenvalue weighted by atomic mass is 35.5. The van der Waals surface area contributed by atoms with E-state index in [1.807, 2.05) is 19.1 Å². The topological polar surface area (TPSA) is 63.6 Å². The first-order chi connectivity index (χ1) is 7.79. The molecule has 6 heteroatoms. The van der Waals surface area contributed by atoms with Crippen molar-refractivity contribution in [2.75, 3.05) is 11.9 Å². The van der Waals surface area contributed by atoms with Crippen LogP contribution in [0.15, 0.2) is 24.3 Å². The summed E-state index contributed by atoms with van der Waals surface area (Å²) in [5.41, 5.74) is 0.840. The van der Waals surface area contributed by atoms with Crippen LogP contribution in [0.2, 0.25) is 5.02 Å². The molecule has 82 valence electrons. The van der Waals surface area contributed by atoms with E-state index in [-0.39, 0.29) is 0 Å². The first kappa shape index (κ1) is 10.8. The molecule has 0 spiro atoms. The second-order valence-corrected chi connectivity index (χ2v) is 3.52. The Labute approximate surface area is 97.9 Å². The van der Waals surface area contributed by atoms with Gasteiger partial charge in [-0.05, 0) is 31.2 Å². The molecule has 0 unspecified atom stereocenters. The first-order valence-electron chi connectivity index (χ1n) is 4.87. The van der Waals surface area contributed by atoms with Gasteiger partial charge in [0, 0.05) is 17.1 Å². The zero-order valence-electron chi connectivity index (χ0n) is 8.68. The lowest BCUT2D eigenvalue weighted by molar-refractivity contribution is 0.863. The molecule has 0 bridgehead atoms.